The molecule has 138 valence electrons. The maximum Gasteiger partial charge on any atom is 0.328 e. The monoisotopic (exact) mass is 341 g/mol. The summed E-state index contributed by atoms with van der Waals surface area (Å²) in [4.78, 5) is 37.6. The first-order valence-electron chi connectivity index (χ1n) is 8.67. The summed E-state index contributed by atoms with van der Waals surface area (Å²) in [5.41, 5.74) is 0. The van der Waals surface area contributed by atoms with Crippen molar-refractivity contribution in [2.45, 2.75) is 46.6 Å². The van der Waals surface area contributed by atoms with Gasteiger partial charge in [0.25, 0.3) is 0 Å². The lowest BCUT2D eigenvalue weighted by Gasteiger charge is -2.34. The number of carbonyl (C=O) groups is 3. The standard InChI is InChI=1S/C17H31N3O4/c1-11(2)14(16(22)24-5)19-17(23)20-8-6-7-13(10-20)9-18-15(21)12(3)4/h11-14H,6-10H2,1-5H3,(H,18,21)(H,19,23)/t13-,14+/m1/s1. The summed E-state index contributed by atoms with van der Waals surface area (Å²) in [6.07, 6.45) is 1.87. The molecular weight excluding hydrogens is 310 g/mol. The van der Waals surface area contributed by atoms with Crippen LogP contribution in [0.25, 0.3) is 0 Å². The minimum Gasteiger partial charge on any atom is -0.467 e. The van der Waals surface area contributed by atoms with E-state index in [0.717, 1.165) is 12.8 Å². The number of carbonyl (C=O) groups excluding carboxylic acids is 3. The van der Waals surface area contributed by atoms with Crippen molar-refractivity contribution in [3.05, 3.63) is 0 Å². The molecule has 0 aromatic heterocycles. The van der Waals surface area contributed by atoms with Crippen LogP contribution in [0.3, 0.4) is 0 Å². The highest BCUT2D eigenvalue weighted by Crippen LogP contribution is 2.16. The lowest BCUT2D eigenvalue weighted by Crippen LogP contribution is -2.53. The Hall–Kier alpha value is -1.79. The Bertz CT molecular complexity index is 451. The number of likely N-dealkylation sites (tertiary alicyclic amines) is 1. The van der Waals surface area contributed by atoms with Crippen molar-refractivity contribution in [2.75, 3.05) is 26.7 Å². The lowest BCUT2D eigenvalue weighted by molar-refractivity contribution is -0.144. The number of hydrogen-bond donors (Lipinski definition) is 2. The van der Waals surface area contributed by atoms with E-state index < -0.39 is 12.0 Å². The highest BCUT2D eigenvalue weighted by atomic mass is 16.5. The van der Waals surface area contributed by atoms with Gasteiger partial charge in [-0.1, -0.05) is 27.7 Å². The third kappa shape index (κ3) is 6.02. The molecule has 0 spiro atoms. The molecule has 1 fully saturated rings. The minimum absolute atomic E-state index is 0.0298. The van der Waals surface area contributed by atoms with Crippen molar-refractivity contribution < 1.29 is 19.1 Å². The second-order valence-corrected chi connectivity index (χ2v) is 7.05. The highest BCUT2D eigenvalue weighted by Gasteiger charge is 2.29. The second kappa shape index (κ2) is 9.49. The normalized spacial score (nSPS) is 19.1. The molecule has 3 amide bonds. The summed E-state index contributed by atoms with van der Waals surface area (Å²) in [5.74, 6) is -0.256. The summed E-state index contributed by atoms with van der Waals surface area (Å²) in [7, 11) is 1.32. The molecular formula is C17H31N3O4. The Kier molecular flexibility index (Phi) is 8.01. The van der Waals surface area contributed by atoms with Crippen LogP contribution in [0.15, 0.2) is 0 Å². The molecule has 0 aromatic rings. The predicted molar refractivity (Wildman–Crippen MR) is 91.3 cm³/mol. The molecule has 0 unspecified atom stereocenters. The van der Waals surface area contributed by atoms with Gasteiger partial charge in [-0.15, -0.1) is 0 Å². The van der Waals surface area contributed by atoms with Crippen LogP contribution >= 0.6 is 0 Å². The molecule has 7 heteroatoms. The quantitative estimate of drug-likeness (QED) is 0.715. The van der Waals surface area contributed by atoms with E-state index in [1.54, 1.807) is 4.90 Å². The van der Waals surface area contributed by atoms with Gasteiger partial charge in [-0.25, -0.2) is 9.59 Å². The fourth-order valence-electron chi connectivity index (χ4n) is 2.71. The van der Waals surface area contributed by atoms with Crippen LogP contribution in [0.5, 0.6) is 0 Å². The first-order chi connectivity index (χ1) is 11.3. The Morgan fingerprint density at radius 2 is 1.88 bits per heavy atom. The average molecular weight is 341 g/mol. The van der Waals surface area contributed by atoms with Crippen LogP contribution in [-0.4, -0.2) is 55.6 Å². The highest BCUT2D eigenvalue weighted by molar-refractivity contribution is 5.83. The summed E-state index contributed by atoms with van der Waals surface area (Å²) in [6.45, 7) is 9.25. The number of urea groups is 1. The molecule has 1 aliphatic rings. The Labute approximate surface area is 144 Å². The van der Waals surface area contributed by atoms with Crippen molar-refractivity contribution in [2.24, 2.45) is 17.8 Å². The summed E-state index contributed by atoms with van der Waals surface area (Å²) >= 11 is 0. The molecule has 2 N–H and O–H groups in total. The molecule has 24 heavy (non-hydrogen) atoms. The first kappa shape index (κ1) is 20.3. The predicted octanol–water partition coefficient (Wildman–Crippen LogP) is 1.38. The van der Waals surface area contributed by atoms with E-state index in [-0.39, 0.29) is 29.7 Å². The van der Waals surface area contributed by atoms with Crippen LogP contribution < -0.4 is 10.6 Å². The van der Waals surface area contributed by atoms with Crippen LogP contribution in [0.4, 0.5) is 4.79 Å². The van der Waals surface area contributed by atoms with Crippen molar-refractivity contribution in [3.8, 4) is 0 Å². The molecule has 0 radical (unpaired) electrons. The van der Waals surface area contributed by atoms with E-state index in [4.69, 9.17) is 4.74 Å². The first-order valence-corrected chi connectivity index (χ1v) is 8.67. The SMILES string of the molecule is COC(=O)[C@@H](NC(=O)N1CCC[C@H](CNC(=O)C(C)C)C1)C(C)C. The number of methoxy groups -OCH3 is 1. The fourth-order valence-corrected chi connectivity index (χ4v) is 2.71. The van der Waals surface area contributed by atoms with Crippen molar-refractivity contribution in [1.82, 2.24) is 15.5 Å². The van der Waals surface area contributed by atoms with Gasteiger partial charge in [0, 0.05) is 25.6 Å². The third-order valence-electron chi connectivity index (χ3n) is 4.30. The minimum atomic E-state index is -0.650. The van der Waals surface area contributed by atoms with E-state index in [1.165, 1.54) is 7.11 Å². The van der Waals surface area contributed by atoms with Gasteiger partial charge in [0.05, 0.1) is 7.11 Å². The molecule has 0 aromatic carbocycles. The lowest BCUT2D eigenvalue weighted by atomic mass is 9.98. The molecule has 1 saturated heterocycles. The number of esters is 1. The molecule has 7 nitrogen and oxygen atoms in total. The van der Waals surface area contributed by atoms with Gasteiger partial charge in [-0.3, -0.25) is 4.79 Å². The number of hydrogen-bond acceptors (Lipinski definition) is 4. The molecule has 0 bridgehead atoms. The topological polar surface area (TPSA) is 87.7 Å². The molecule has 1 aliphatic heterocycles. The molecule has 0 saturated carbocycles. The van der Waals surface area contributed by atoms with Crippen LogP contribution in [-0.2, 0) is 14.3 Å². The number of nitrogens with one attached hydrogen (secondary N) is 2. The Morgan fingerprint density at radius 1 is 1.21 bits per heavy atom. The van der Waals surface area contributed by atoms with Crippen LogP contribution in [0.2, 0.25) is 0 Å². The molecule has 0 aliphatic carbocycles. The van der Waals surface area contributed by atoms with Gasteiger partial charge in [-0.05, 0) is 24.7 Å². The largest absolute Gasteiger partial charge is 0.467 e. The van der Waals surface area contributed by atoms with Gasteiger partial charge in [0.1, 0.15) is 6.04 Å². The van der Waals surface area contributed by atoms with E-state index in [2.05, 4.69) is 10.6 Å². The van der Waals surface area contributed by atoms with Crippen molar-refractivity contribution >= 4 is 17.9 Å². The molecule has 1 rings (SSSR count). The van der Waals surface area contributed by atoms with Gasteiger partial charge in [0.15, 0.2) is 0 Å². The van der Waals surface area contributed by atoms with Gasteiger partial charge >= 0.3 is 12.0 Å². The number of nitrogens with zero attached hydrogens (tertiary/aromatic N) is 1. The van der Waals surface area contributed by atoms with E-state index in [0.29, 0.717) is 19.6 Å². The number of ether oxygens (including phenoxy) is 1. The Morgan fingerprint density at radius 3 is 2.42 bits per heavy atom. The third-order valence-corrected chi connectivity index (χ3v) is 4.30. The fraction of sp³-hybridized carbons (Fsp3) is 0.824. The van der Waals surface area contributed by atoms with Crippen molar-refractivity contribution in [1.29, 1.82) is 0 Å². The van der Waals surface area contributed by atoms with Crippen LogP contribution in [0, 0.1) is 17.8 Å². The summed E-state index contributed by atoms with van der Waals surface area (Å²) in [6, 6.07) is -0.900. The smallest absolute Gasteiger partial charge is 0.328 e. The maximum atomic E-state index is 12.4. The van der Waals surface area contributed by atoms with Gasteiger partial charge in [-0.2, -0.15) is 0 Å². The molecule has 2 atom stereocenters. The second-order valence-electron chi connectivity index (χ2n) is 7.05. The average Bonchev–Trinajstić information content (AvgIpc) is 2.56. The summed E-state index contributed by atoms with van der Waals surface area (Å²) < 4.78 is 4.75. The van der Waals surface area contributed by atoms with Crippen molar-refractivity contribution in [3.63, 3.8) is 0 Å². The zero-order valence-corrected chi connectivity index (χ0v) is 15.4. The number of rotatable bonds is 6. The van der Waals surface area contributed by atoms with E-state index >= 15 is 0 Å². The molecule has 1 heterocycles. The zero-order chi connectivity index (χ0) is 18.3. The van der Waals surface area contributed by atoms with Gasteiger partial charge in [0.2, 0.25) is 5.91 Å². The number of amides is 3. The Balaban J connectivity index is 2.55. The van der Waals surface area contributed by atoms with E-state index in [9.17, 15) is 14.4 Å². The number of piperidine rings is 1. The summed E-state index contributed by atoms with van der Waals surface area (Å²) in [5, 5.41) is 5.69. The van der Waals surface area contributed by atoms with Gasteiger partial charge < -0.3 is 20.3 Å². The van der Waals surface area contributed by atoms with E-state index in [1.807, 2.05) is 27.7 Å². The maximum absolute atomic E-state index is 12.4. The zero-order valence-electron chi connectivity index (χ0n) is 15.4. The van der Waals surface area contributed by atoms with Crippen LogP contribution in [0.1, 0.15) is 40.5 Å².